The number of ether oxygens (including phenoxy) is 2. The highest BCUT2D eigenvalue weighted by Crippen LogP contribution is 2.24. The van der Waals surface area contributed by atoms with E-state index in [2.05, 4.69) is 10.2 Å². The number of nitrogens with zero attached hydrogens (tertiary/aromatic N) is 1. The molecule has 0 unspecified atom stereocenters. The van der Waals surface area contributed by atoms with Gasteiger partial charge in [0.25, 0.3) is 0 Å². The average molecular weight is 335 g/mol. The first-order chi connectivity index (χ1) is 11.6. The molecule has 0 aliphatic carbocycles. The minimum atomic E-state index is -0.435. The van der Waals surface area contributed by atoms with Gasteiger partial charge in [0.05, 0.1) is 24.5 Å². The first-order valence-electron chi connectivity index (χ1n) is 8.28. The largest absolute Gasteiger partial charge is 0.482 e. The monoisotopic (exact) mass is 335 g/mol. The maximum Gasteiger partial charge on any atom is 0.344 e. The average Bonchev–Trinajstić information content (AvgIpc) is 2.56. The SMILES string of the molecule is CCOC(=O)COc1ccc(NC(=O)CN2CCCCC2)c(N)c1. The van der Waals surface area contributed by atoms with Gasteiger partial charge in [0.15, 0.2) is 6.61 Å². The molecule has 0 atom stereocenters. The van der Waals surface area contributed by atoms with Gasteiger partial charge < -0.3 is 20.5 Å². The molecule has 0 radical (unpaired) electrons. The Kier molecular flexibility index (Phi) is 6.87. The fourth-order valence-corrected chi connectivity index (χ4v) is 2.60. The van der Waals surface area contributed by atoms with Crippen molar-refractivity contribution >= 4 is 23.3 Å². The highest BCUT2D eigenvalue weighted by molar-refractivity contribution is 5.95. The number of hydrogen-bond donors (Lipinski definition) is 2. The highest BCUT2D eigenvalue weighted by atomic mass is 16.6. The third-order valence-electron chi connectivity index (χ3n) is 3.78. The predicted molar refractivity (Wildman–Crippen MR) is 91.9 cm³/mol. The van der Waals surface area contributed by atoms with Crippen molar-refractivity contribution in [2.24, 2.45) is 0 Å². The maximum atomic E-state index is 12.1. The molecule has 3 N–H and O–H groups in total. The van der Waals surface area contributed by atoms with E-state index in [0.717, 1.165) is 25.9 Å². The van der Waals surface area contributed by atoms with Crippen molar-refractivity contribution in [2.45, 2.75) is 26.2 Å². The maximum absolute atomic E-state index is 12.1. The van der Waals surface area contributed by atoms with Gasteiger partial charge in [-0.15, -0.1) is 0 Å². The smallest absolute Gasteiger partial charge is 0.344 e. The van der Waals surface area contributed by atoms with Crippen molar-refractivity contribution < 1.29 is 19.1 Å². The summed E-state index contributed by atoms with van der Waals surface area (Å²) in [5, 5.41) is 2.82. The van der Waals surface area contributed by atoms with Crippen LogP contribution in [0.1, 0.15) is 26.2 Å². The molecule has 1 aromatic carbocycles. The minimum Gasteiger partial charge on any atom is -0.482 e. The van der Waals surface area contributed by atoms with E-state index >= 15 is 0 Å². The van der Waals surface area contributed by atoms with Gasteiger partial charge in [-0.1, -0.05) is 6.42 Å². The number of amides is 1. The molecule has 0 bridgehead atoms. The van der Waals surface area contributed by atoms with E-state index in [9.17, 15) is 9.59 Å². The summed E-state index contributed by atoms with van der Waals surface area (Å²) in [4.78, 5) is 25.5. The lowest BCUT2D eigenvalue weighted by molar-refractivity contribution is -0.145. The zero-order valence-electron chi connectivity index (χ0n) is 14.0. The van der Waals surface area contributed by atoms with Crippen LogP contribution >= 0.6 is 0 Å². The third kappa shape index (κ3) is 5.73. The standard InChI is InChI=1S/C17H25N3O4/c1-2-23-17(22)12-24-13-6-7-15(14(18)10-13)19-16(21)11-20-8-4-3-5-9-20/h6-7,10H,2-5,8-9,11-12,18H2,1H3,(H,19,21). The van der Waals surface area contributed by atoms with E-state index in [1.165, 1.54) is 6.42 Å². The topological polar surface area (TPSA) is 93.9 Å². The number of hydrogen-bond acceptors (Lipinski definition) is 6. The predicted octanol–water partition coefficient (Wildman–Crippen LogP) is 1.64. The minimum absolute atomic E-state index is 0.0798. The van der Waals surface area contributed by atoms with Gasteiger partial charge in [-0.05, 0) is 45.0 Å². The Morgan fingerprint density at radius 3 is 2.67 bits per heavy atom. The molecule has 2 rings (SSSR count). The first kappa shape index (κ1) is 18.1. The summed E-state index contributed by atoms with van der Waals surface area (Å²) in [7, 11) is 0. The molecular formula is C17H25N3O4. The first-order valence-corrected chi connectivity index (χ1v) is 8.28. The number of carbonyl (C=O) groups is 2. The molecule has 24 heavy (non-hydrogen) atoms. The Morgan fingerprint density at radius 1 is 1.25 bits per heavy atom. The summed E-state index contributed by atoms with van der Waals surface area (Å²) in [6, 6.07) is 4.91. The van der Waals surface area contributed by atoms with E-state index in [1.807, 2.05) is 0 Å². The quantitative estimate of drug-likeness (QED) is 0.581. The summed E-state index contributed by atoms with van der Waals surface area (Å²) in [5.41, 5.74) is 6.88. The second-order valence-corrected chi connectivity index (χ2v) is 5.73. The van der Waals surface area contributed by atoms with Crippen molar-refractivity contribution in [1.29, 1.82) is 0 Å². The summed E-state index contributed by atoms with van der Waals surface area (Å²) in [6.07, 6.45) is 3.52. The van der Waals surface area contributed by atoms with Crippen molar-refractivity contribution in [2.75, 3.05) is 43.9 Å². The molecule has 1 heterocycles. The van der Waals surface area contributed by atoms with E-state index in [4.69, 9.17) is 15.2 Å². The molecule has 1 aliphatic heterocycles. The van der Waals surface area contributed by atoms with Crippen LogP contribution in [0.3, 0.4) is 0 Å². The molecule has 0 saturated carbocycles. The Labute approximate surface area is 142 Å². The van der Waals surface area contributed by atoms with E-state index < -0.39 is 5.97 Å². The van der Waals surface area contributed by atoms with Crippen LogP contribution in [0.15, 0.2) is 18.2 Å². The van der Waals surface area contributed by atoms with Crippen LogP contribution < -0.4 is 15.8 Å². The zero-order chi connectivity index (χ0) is 17.4. The van der Waals surface area contributed by atoms with Crippen LogP contribution in [0, 0.1) is 0 Å². The van der Waals surface area contributed by atoms with Crippen LogP contribution in [0.25, 0.3) is 0 Å². The lowest BCUT2D eigenvalue weighted by Crippen LogP contribution is -2.36. The van der Waals surface area contributed by atoms with Gasteiger partial charge >= 0.3 is 5.97 Å². The number of esters is 1. The zero-order valence-corrected chi connectivity index (χ0v) is 14.0. The fourth-order valence-electron chi connectivity index (χ4n) is 2.60. The van der Waals surface area contributed by atoms with Gasteiger partial charge in [-0.2, -0.15) is 0 Å². The third-order valence-corrected chi connectivity index (χ3v) is 3.78. The lowest BCUT2D eigenvalue weighted by atomic mass is 10.1. The number of piperidine rings is 1. The van der Waals surface area contributed by atoms with Gasteiger partial charge in [0, 0.05) is 6.07 Å². The van der Waals surface area contributed by atoms with Crippen molar-refractivity contribution in [3.63, 3.8) is 0 Å². The van der Waals surface area contributed by atoms with Crippen molar-refractivity contribution in [3.8, 4) is 5.75 Å². The summed E-state index contributed by atoms with van der Waals surface area (Å²) >= 11 is 0. The Balaban J connectivity index is 1.84. The van der Waals surface area contributed by atoms with Crippen LogP contribution in [-0.4, -0.2) is 49.6 Å². The van der Waals surface area contributed by atoms with E-state index in [0.29, 0.717) is 30.3 Å². The molecule has 1 aromatic rings. The number of benzene rings is 1. The number of carbonyl (C=O) groups excluding carboxylic acids is 2. The number of anilines is 2. The second-order valence-electron chi connectivity index (χ2n) is 5.73. The van der Waals surface area contributed by atoms with Gasteiger partial charge in [0.2, 0.25) is 5.91 Å². The Hall–Kier alpha value is -2.28. The molecule has 7 nitrogen and oxygen atoms in total. The number of rotatable bonds is 7. The van der Waals surface area contributed by atoms with Gasteiger partial charge in [-0.3, -0.25) is 9.69 Å². The molecule has 1 fully saturated rings. The summed E-state index contributed by atoms with van der Waals surface area (Å²) in [5.74, 6) is -0.0617. The van der Waals surface area contributed by atoms with Crippen molar-refractivity contribution in [1.82, 2.24) is 4.90 Å². The van der Waals surface area contributed by atoms with Gasteiger partial charge in [-0.25, -0.2) is 4.79 Å². The number of nitrogens with two attached hydrogens (primary N) is 1. The number of nitrogens with one attached hydrogen (secondary N) is 1. The van der Waals surface area contributed by atoms with Crippen LogP contribution in [0.2, 0.25) is 0 Å². The fraction of sp³-hybridized carbons (Fsp3) is 0.529. The molecule has 1 amide bonds. The van der Waals surface area contributed by atoms with Gasteiger partial charge in [0.1, 0.15) is 5.75 Å². The number of nitrogen functional groups attached to an aromatic ring is 1. The molecule has 0 aromatic heterocycles. The molecule has 7 heteroatoms. The second kappa shape index (κ2) is 9.12. The van der Waals surface area contributed by atoms with Crippen LogP contribution in [0.4, 0.5) is 11.4 Å². The molecule has 0 spiro atoms. The number of likely N-dealkylation sites (tertiary alicyclic amines) is 1. The normalized spacial score (nSPS) is 14.9. The van der Waals surface area contributed by atoms with E-state index in [1.54, 1.807) is 25.1 Å². The molecule has 1 aliphatic rings. The van der Waals surface area contributed by atoms with Crippen LogP contribution in [-0.2, 0) is 14.3 Å². The Morgan fingerprint density at radius 2 is 2.00 bits per heavy atom. The lowest BCUT2D eigenvalue weighted by Gasteiger charge is -2.25. The van der Waals surface area contributed by atoms with E-state index in [-0.39, 0.29) is 12.5 Å². The molecule has 132 valence electrons. The summed E-state index contributed by atoms with van der Waals surface area (Å²) < 4.78 is 10.1. The summed E-state index contributed by atoms with van der Waals surface area (Å²) in [6.45, 7) is 4.17. The van der Waals surface area contributed by atoms with Crippen molar-refractivity contribution in [3.05, 3.63) is 18.2 Å². The highest BCUT2D eigenvalue weighted by Gasteiger charge is 2.14. The molecular weight excluding hydrogens is 310 g/mol. The Bertz CT molecular complexity index is 571. The molecule has 1 saturated heterocycles. The van der Waals surface area contributed by atoms with Crippen LogP contribution in [0.5, 0.6) is 5.75 Å².